The van der Waals surface area contributed by atoms with Crippen molar-refractivity contribution >= 4 is 0 Å². The second kappa shape index (κ2) is 5.30. The molecule has 0 spiro atoms. The minimum atomic E-state index is 1.03. The summed E-state index contributed by atoms with van der Waals surface area (Å²) < 4.78 is 0. The largest absolute Gasteiger partial charge is 0.256 e. The highest BCUT2D eigenvalue weighted by Crippen LogP contribution is 2.26. The fourth-order valence-corrected chi connectivity index (χ4v) is 2.44. The number of benzene rings is 2. The molecule has 1 aromatic heterocycles. The van der Waals surface area contributed by atoms with E-state index in [1.165, 1.54) is 27.8 Å². The zero-order valence-electron chi connectivity index (χ0n) is 11.8. The van der Waals surface area contributed by atoms with Crippen LogP contribution < -0.4 is 0 Å². The van der Waals surface area contributed by atoms with Crippen LogP contribution in [0.5, 0.6) is 0 Å². The van der Waals surface area contributed by atoms with E-state index >= 15 is 0 Å². The average molecular weight is 259 g/mol. The van der Waals surface area contributed by atoms with Crippen molar-refractivity contribution < 1.29 is 0 Å². The first-order valence-corrected chi connectivity index (χ1v) is 6.83. The van der Waals surface area contributed by atoms with Crippen LogP contribution in [-0.2, 0) is 0 Å². The molecule has 0 unspecified atom stereocenters. The molecule has 0 fully saturated rings. The quantitative estimate of drug-likeness (QED) is 0.628. The van der Waals surface area contributed by atoms with E-state index in [2.05, 4.69) is 73.4 Å². The zero-order chi connectivity index (χ0) is 13.9. The molecule has 0 bridgehead atoms. The molecule has 0 aliphatic heterocycles. The van der Waals surface area contributed by atoms with E-state index in [-0.39, 0.29) is 0 Å². The number of pyridine rings is 1. The maximum atomic E-state index is 4.63. The van der Waals surface area contributed by atoms with Gasteiger partial charge in [0, 0.05) is 17.3 Å². The van der Waals surface area contributed by atoms with Crippen molar-refractivity contribution in [2.45, 2.75) is 13.8 Å². The fraction of sp³-hybridized carbons (Fsp3) is 0.105. The summed E-state index contributed by atoms with van der Waals surface area (Å²) in [4.78, 5) is 4.63. The summed E-state index contributed by atoms with van der Waals surface area (Å²) in [5, 5.41) is 0. The highest BCUT2D eigenvalue weighted by Gasteiger charge is 2.05. The molecule has 1 heterocycles. The third-order valence-electron chi connectivity index (χ3n) is 3.51. The molecular formula is C19H17N. The van der Waals surface area contributed by atoms with Crippen LogP contribution in [-0.4, -0.2) is 4.98 Å². The van der Waals surface area contributed by atoms with Crippen LogP contribution in [0.4, 0.5) is 0 Å². The van der Waals surface area contributed by atoms with Gasteiger partial charge in [-0.3, -0.25) is 4.98 Å². The predicted octanol–water partition coefficient (Wildman–Crippen LogP) is 5.03. The summed E-state index contributed by atoms with van der Waals surface area (Å²) in [6, 6.07) is 21.0. The number of nitrogens with zero attached hydrogens (tertiary/aromatic N) is 1. The van der Waals surface area contributed by atoms with Gasteiger partial charge >= 0.3 is 0 Å². The second-order valence-electron chi connectivity index (χ2n) is 5.12. The Bertz CT molecular complexity index is 730. The maximum Gasteiger partial charge on any atom is 0.0705 e. The van der Waals surface area contributed by atoms with Crippen molar-refractivity contribution in [3.63, 3.8) is 0 Å². The van der Waals surface area contributed by atoms with Crippen LogP contribution in [0.2, 0.25) is 0 Å². The third-order valence-corrected chi connectivity index (χ3v) is 3.51. The van der Waals surface area contributed by atoms with E-state index in [0.717, 1.165) is 5.69 Å². The molecule has 1 heteroatoms. The molecule has 20 heavy (non-hydrogen) atoms. The lowest BCUT2D eigenvalue weighted by Gasteiger charge is -2.08. The Hall–Kier alpha value is -2.41. The van der Waals surface area contributed by atoms with Gasteiger partial charge in [0.1, 0.15) is 0 Å². The summed E-state index contributed by atoms with van der Waals surface area (Å²) in [6.07, 6.45) is 1.97. The molecule has 0 aliphatic carbocycles. The first-order chi connectivity index (χ1) is 9.74. The van der Waals surface area contributed by atoms with Crippen LogP contribution in [0.1, 0.15) is 11.1 Å². The first kappa shape index (κ1) is 12.6. The summed E-state index contributed by atoms with van der Waals surface area (Å²) in [6.45, 7) is 4.25. The molecule has 1 nitrogen and oxygen atoms in total. The smallest absolute Gasteiger partial charge is 0.0705 e. The molecule has 0 saturated heterocycles. The molecule has 0 atom stereocenters. The van der Waals surface area contributed by atoms with E-state index in [1.807, 2.05) is 12.3 Å². The monoisotopic (exact) mass is 259 g/mol. The van der Waals surface area contributed by atoms with E-state index < -0.39 is 0 Å². The summed E-state index contributed by atoms with van der Waals surface area (Å²) >= 11 is 0. The highest BCUT2D eigenvalue weighted by atomic mass is 14.7. The van der Waals surface area contributed by atoms with Crippen molar-refractivity contribution in [2.75, 3.05) is 0 Å². The van der Waals surface area contributed by atoms with Crippen LogP contribution in [0, 0.1) is 13.8 Å². The van der Waals surface area contributed by atoms with Crippen LogP contribution >= 0.6 is 0 Å². The number of rotatable bonds is 2. The van der Waals surface area contributed by atoms with Gasteiger partial charge in [0.2, 0.25) is 0 Å². The standard InChI is InChI=1S/C19H17N/c1-14-7-6-10-17(11-14)19-12-15(2)18(13-20-19)16-8-4-3-5-9-16/h3-13H,1-2H3. The van der Waals surface area contributed by atoms with Gasteiger partial charge < -0.3 is 0 Å². The van der Waals surface area contributed by atoms with Gasteiger partial charge in [-0.2, -0.15) is 0 Å². The Balaban J connectivity index is 2.04. The lowest BCUT2D eigenvalue weighted by atomic mass is 10.0. The number of hydrogen-bond acceptors (Lipinski definition) is 1. The highest BCUT2D eigenvalue weighted by molar-refractivity contribution is 5.70. The van der Waals surface area contributed by atoms with Gasteiger partial charge in [0.25, 0.3) is 0 Å². The van der Waals surface area contributed by atoms with Crippen molar-refractivity contribution in [2.24, 2.45) is 0 Å². The molecule has 98 valence electrons. The molecule has 0 N–H and O–H groups in total. The van der Waals surface area contributed by atoms with Crippen molar-refractivity contribution in [3.05, 3.63) is 78.0 Å². The van der Waals surface area contributed by atoms with Crippen molar-refractivity contribution in [1.29, 1.82) is 0 Å². The van der Waals surface area contributed by atoms with E-state index in [4.69, 9.17) is 0 Å². The topological polar surface area (TPSA) is 12.9 Å². The molecule has 2 aromatic carbocycles. The Morgan fingerprint density at radius 3 is 2.20 bits per heavy atom. The predicted molar refractivity (Wildman–Crippen MR) is 84.6 cm³/mol. The molecule has 3 rings (SSSR count). The van der Waals surface area contributed by atoms with Gasteiger partial charge in [-0.25, -0.2) is 0 Å². The Morgan fingerprint density at radius 1 is 0.750 bits per heavy atom. The molecule has 0 radical (unpaired) electrons. The lowest BCUT2D eigenvalue weighted by molar-refractivity contribution is 1.28. The van der Waals surface area contributed by atoms with Crippen molar-refractivity contribution in [3.8, 4) is 22.4 Å². The van der Waals surface area contributed by atoms with Gasteiger partial charge in [0.15, 0.2) is 0 Å². The SMILES string of the molecule is Cc1cccc(-c2cc(C)c(-c3ccccc3)cn2)c1. The molecule has 0 aliphatic rings. The van der Waals surface area contributed by atoms with Crippen LogP contribution in [0.15, 0.2) is 66.9 Å². The Kier molecular flexibility index (Phi) is 3.34. The Morgan fingerprint density at radius 2 is 1.50 bits per heavy atom. The summed E-state index contributed by atoms with van der Waals surface area (Å²) in [5.74, 6) is 0. The van der Waals surface area contributed by atoms with E-state index in [9.17, 15) is 0 Å². The van der Waals surface area contributed by atoms with Gasteiger partial charge in [-0.1, -0.05) is 54.1 Å². The van der Waals surface area contributed by atoms with Gasteiger partial charge in [-0.05, 0) is 37.1 Å². The number of hydrogen-bond donors (Lipinski definition) is 0. The summed E-state index contributed by atoms with van der Waals surface area (Å²) in [5.41, 5.74) is 7.13. The lowest BCUT2D eigenvalue weighted by Crippen LogP contribution is -1.89. The maximum absolute atomic E-state index is 4.63. The number of aryl methyl sites for hydroxylation is 2. The zero-order valence-corrected chi connectivity index (χ0v) is 11.8. The molecule has 3 aromatic rings. The molecule has 0 saturated carbocycles. The Labute approximate surface area is 119 Å². The first-order valence-electron chi connectivity index (χ1n) is 6.83. The van der Waals surface area contributed by atoms with E-state index in [1.54, 1.807) is 0 Å². The van der Waals surface area contributed by atoms with Gasteiger partial charge in [0.05, 0.1) is 5.69 Å². The summed E-state index contributed by atoms with van der Waals surface area (Å²) in [7, 11) is 0. The van der Waals surface area contributed by atoms with Crippen LogP contribution in [0.25, 0.3) is 22.4 Å². The van der Waals surface area contributed by atoms with Gasteiger partial charge in [-0.15, -0.1) is 0 Å². The average Bonchev–Trinajstić information content (AvgIpc) is 2.48. The minimum Gasteiger partial charge on any atom is -0.256 e. The second-order valence-corrected chi connectivity index (χ2v) is 5.12. The third kappa shape index (κ3) is 2.48. The van der Waals surface area contributed by atoms with Crippen molar-refractivity contribution in [1.82, 2.24) is 4.98 Å². The van der Waals surface area contributed by atoms with Crippen LogP contribution in [0.3, 0.4) is 0 Å². The minimum absolute atomic E-state index is 1.03. The molecular weight excluding hydrogens is 242 g/mol. The normalized spacial score (nSPS) is 10.5. The fourth-order valence-electron chi connectivity index (χ4n) is 2.44. The van der Waals surface area contributed by atoms with E-state index in [0.29, 0.717) is 0 Å². The number of aromatic nitrogens is 1. The molecule has 0 amide bonds.